The van der Waals surface area contributed by atoms with Gasteiger partial charge in [0, 0.05) is 41.2 Å². The maximum atomic E-state index is 10.9. The molecule has 6 nitrogen and oxygen atoms in total. The Balaban J connectivity index is 1.57. The van der Waals surface area contributed by atoms with E-state index in [1.54, 1.807) is 10.9 Å². The van der Waals surface area contributed by atoms with Gasteiger partial charge < -0.3 is 10.4 Å². The van der Waals surface area contributed by atoms with Crippen LogP contribution in [0.25, 0.3) is 33.1 Å². The van der Waals surface area contributed by atoms with Crippen LogP contribution < -0.4 is 5.32 Å². The molecule has 0 saturated carbocycles. The number of phenols is 1. The summed E-state index contributed by atoms with van der Waals surface area (Å²) in [5.74, 6) is 0.722. The Hall–Kier alpha value is -2.99. The van der Waals surface area contributed by atoms with Crippen LogP contribution in [0.4, 0.5) is 0 Å². The molecule has 5 rings (SSSR count). The standard InChI is InChI=1S/C21H21N5O/c1-26-12-14-10-19(23-11-20(14)25-26)16-3-5-18-15(21(16)27)2-4-17(24-18)13-6-8-22-9-7-13/h2-5,10-13,22,27H,6-9H2,1H3. The van der Waals surface area contributed by atoms with Gasteiger partial charge in [-0.1, -0.05) is 0 Å². The van der Waals surface area contributed by atoms with Crippen LogP contribution in [0.2, 0.25) is 0 Å². The van der Waals surface area contributed by atoms with Gasteiger partial charge in [-0.3, -0.25) is 14.6 Å². The zero-order chi connectivity index (χ0) is 18.4. The summed E-state index contributed by atoms with van der Waals surface area (Å²) in [7, 11) is 1.89. The minimum Gasteiger partial charge on any atom is -0.507 e. The Morgan fingerprint density at radius 1 is 1.11 bits per heavy atom. The maximum Gasteiger partial charge on any atom is 0.134 e. The van der Waals surface area contributed by atoms with Crippen molar-refractivity contribution in [1.29, 1.82) is 0 Å². The number of benzene rings is 1. The number of aryl methyl sites for hydroxylation is 1. The molecule has 27 heavy (non-hydrogen) atoms. The average Bonchev–Trinajstić information content (AvgIpc) is 3.08. The first-order chi connectivity index (χ1) is 13.2. The Morgan fingerprint density at radius 2 is 1.96 bits per heavy atom. The first-order valence-corrected chi connectivity index (χ1v) is 9.32. The van der Waals surface area contributed by atoms with Crippen LogP contribution >= 0.6 is 0 Å². The molecule has 1 aliphatic rings. The summed E-state index contributed by atoms with van der Waals surface area (Å²) in [6, 6.07) is 9.88. The van der Waals surface area contributed by atoms with Gasteiger partial charge in [0.1, 0.15) is 11.3 Å². The number of hydrogen-bond acceptors (Lipinski definition) is 5. The van der Waals surface area contributed by atoms with E-state index in [1.807, 2.05) is 37.5 Å². The number of nitrogens with zero attached hydrogens (tertiary/aromatic N) is 4. The second-order valence-corrected chi connectivity index (χ2v) is 7.22. The number of phenolic OH excluding ortho intramolecular Hbond substituents is 1. The summed E-state index contributed by atoms with van der Waals surface area (Å²) in [5, 5.41) is 20.4. The van der Waals surface area contributed by atoms with Gasteiger partial charge in [-0.15, -0.1) is 0 Å². The van der Waals surface area contributed by atoms with Gasteiger partial charge >= 0.3 is 0 Å². The SMILES string of the molecule is Cn1cc2cc(-c3ccc4nc(C5CCNCC5)ccc4c3O)ncc2n1. The monoisotopic (exact) mass is 359 g/mol. The molecular formula is C21H21N5O. The van der Waals surface area contributed by atoms with E-state index >= 15 is 0 Å². The molecule has 6 heteroatoms. The van der Waals surface area contributed by atoms with Crippen molar-refractivity contribution in [3.05, 3.63) is 48.4 Å². The van der Waals surface area contributed by atoms with Crippen molar-refractivity contribution in [3.63, 3.8) is 0 Å². The van der Waals surface area contributed by atoms with Gasteiger partial charge in [0.15, 0.2) is 0 Å². The van der Waals surface area contributed by atoms with Crippen LogP contribution in [0.5, 0.6) is 5.75 Å². The van der Waals surface area contributed by atoms with Gasteiger partial charge in [0.25, 0.3) is 0 Å². The van der Waals surface area contributed by atoms with Crippen molar-refractivity contribution < 1.29 is 5.11 Å². The molecule has 3 aromatic heterocycles. The molecule has 0 bridgehead atoms. The Bertz CT molecular complexity index is 1140. The molecule has 136 valence electrons. The van der Waals surface area contributed by atoms with Gasteiger partial charge in [-0.05, 0) is 56.3 Å². The lowest BCUT2D eigenvalue weighted by atomic mass is 9.93. The van der Waals surface area contributed by atoms with Crippen LogP contribution in [-0.4, -0.2) is 37.9 Å². The number of aromatic nitrogens is 4. The van der Waals surface area contributed by atoms with Gasteiger partial charge in [-0.2, -0.15) is 5.10 Å². The highest BCUT2D eigenvalue weighted by molar-refractivity contribution is 5.93. The molecule has 0 unspecified atom stereocenters. The van der Waals surface area contributed by atoms with Crippen molar-refractivity contribution in [2.45, 2.75) is 18.8 Å². The lowest BCUT2D eigenvalue weighted by molar-refractivity contribution is 0.454. The second-order valence-electron chi connectivity index (χ2n) is 7.22. The number of hydrogen-bond donors (Lipinski definition) is 2. The lowest BCUT2D eigenvalue weighted by Gasteiger charge is -2.22. The fourth-order valence-electron chi connectivity index (χ4n) is 3.95. The van der Waals surface area contributed by atoms with Crippen LogP contribution in [0.1, 0.15) is 24.5 Å². The molecule has 4 aromatic rings. The smallest absolute Gasteiger partial charge is 0.134 e. The maximum absolute atomic E-state index is 10.9. The third kappa shape index (κ3) is 2.82. The fourth-order valence-corrected chi connectivity index (χ4v) is 3.95. The summed E-state index contributed by atoms with van der Waals surface area (Å²) in [6.45, 7) is 2.08. The molecule has 4 heterocycles. The predicted octanol–water partition coefficient (Wildman–Crippen LogP) is 3.36. The van der Waals surface area contributed by atoms with E-state index < -0.39 is 0 Å². The van der Waals surface area contributed by atoms with E-state index in [0.29, 0.717) is 11.5 Å². The van der Waals surface area contributed by atoms with E-state index in [-0.39, 0.29) is 5.75 Å². The minimum absolute atomic E-state index is 0.229. The van der Waals surface area contributed by atoms with Crippen LogP contribution in [-0.2, 0) is 7.05 Å². The third-order valence-electron chi connectivity index (χ3n) is 5.40. The van der Waals surface area contributed by atoms with Crippen molar-refractivity contribution >= 4 is 21.8 Å². The summed E-state index contributed by atoms with van der Waals surface area (Å²) in [4.78, 5) is 9.31. The number of piperidine rings is 1. The summed E-state index contributed by atoms with van der Waals surface area (Å²) >= 11 is 0. The molecule has 0 atom stereocenters. The molecule has 0 amide bonds. The van der Waals surface area contributed by atoms with Crippen molar-refractivity contribution in [2.75, 3.05) is 13.1 Å². The van der Waals surface area contributed by atoms with Gasteiger partial charge in [0.05, 0.1) is 17.4 Å². The highest BCUT2D eigenvalue weighted by Gasteiger charge is 2.18. The van der Waals surface area contributed by atoms with E-state index in [4.69, 9.17) is 4.98 Å². The first-order valence-electron chi connectivity index (χ1n) is 9.32. The Morgan fingerprint density at radius 3 is 2.81 bits per heavy atom. The fraction of sp³-hybridized carbons (Fsp3) is 0.286. The van der Waals surface area contributed by atoms with E-state index in [0.717, 1.165) is 59.1 Å². The van der Waals surface area contributed by atoms with Gasteiger partial charge in [0.2, 0.25) is 0 Å². The van der Waals surface area contributed by atoms with Crippen LogP contribution in [0, 0.1) is 0 Å². The lowest BCUT2D eigenvalue weighted by Crippen LogP contribution is -2.27. The molecular weight excluding hydrogens is 338 g/mol. The van der Waals surface area contributed by atoms with Crippen molar-refractivity contribution in [3.8, 4) is 17.0 Å². The van der Waals surface area contributed by atoms with Crippen molar-refractivity contribution in [1.82, 2.24) is 25.1 Å². The number of aromatic hydroxyl groups is 1. The number of nitrogens with one attached hydrogen (secondary N) is 1. The van der Waals surface area contributed by atoms with E-state index in [9.17, 15) is 5.11 Å². The topological polar surface area (TPSA) is 75.9 Å². The highest BCUT2D eigenvalue weighted by Crippen LogP contribution is 2.36. The number of fused-ring (bicyclic) bond motifs is 2. The Labute approximate surface area is 156 Å². The molecule has 1 aromatic carbocycles. The average molecular weight is 359 g/mol. The second kappa shape index (κ2) is 6.32. The highest BCUT2D eigenvalue weighted by atomic mass is 16.3. The minimum atomic E-state index is 0.229. The zero-order valence-electron chi connectivity index (χ0n) is 15.2. The molecule has 0 spiro atoms. The largest absolute Gasteiger partial charge is 0.507 e. The first kappa shape index (κ1) is 16.2. The Kier molecular flexibility index (Phi) is 3.79. The third-order valence-corrected chi connectivity index (χ3v) is 5.40. The van der Waals surface area contributed by atoms with Gasteiger partial charge in [-0.25, -0.2) is 0 Å². The molecule has 1 fully saturated rings. The number of rotatable bonds is 2. The molecule has 1 saturated heterocycles. The van der Waals surface area contributed by atoms with E-state index in [1.165, 1.54) is 0 Å². The summed E-state index contributed by atoms with van der Waals surface area (Å²) < 4.78 is 1.77. The zero-order valence-corrected chi connectivity index (χ0v) is 15.2. The van der Waals surface area contributed by atoms with Crippen LogP contribution in [0.15, 0.2) is 42.7 Å². The molecule has 1 aliphatic heterocycles. The summed E-state index contributed by atoms with van der Waals surface area (Å²) in [6.07, 6.45) is 5.91. The molecule has 2 N–H and O–H groups in total. The van der Waals surface area contributed by atoms with Crippen molar-refractivity contribution in [2.24, 2.45) is 7.05 Å². The molecule has 0 radical (unpaired) electrons. The van der Waals surface area contributed by atoms with E-state index in [2.05, 4.69) is 21.5 Å². The summed E-state index contributed by atoms with van der Waals surface area (Å²) in [5.41, 5.74) is 4.23. The molecule has 0 aliphatic carbocycles. The predicted molar refractivity (Wildman–Crippen MR) is 106 cm³/mol. The quantitative estimate of drug-likeness (QED) is 0.574. The number of pyridine rings is 2. The normalized spacial score (nSPS) is 15.6. The van der Waals surface area contributed by atoms with Crippen LogP contribution in [0.3, 0.4) is 0 Å².